The van der Waals surface area contributed by atoms with Gasteiger partial charge in [0.15, 0.2) is 0 Å². The van der Waals surface area contributed by atoms with E-state index in [0.29, 0.717) is 22.2 Å². The summed E-state index contributed by atoms with van der Waals surface area (Å²) >= 11 is 6.36. The Morgan fingerprint density at radius 2 is 1.71 bits per heavy atom. The van der Waals surface area contributed by atoms with Crippen molar-refractivity contribution in [1.82, 2.24) is 4.98 Å². The largest absolute Gasteiger partial charge is 0.495 e. The molecule has 35 heavy (non-hydrogen) atoms. The summed E-state index contributed by atoms with van der Waals surface area (Å²) in [5.41, 5.74) is 8.45. The number of nitrogens with one attached hydrogen (secondary N) is 1. The van der Waals surface area contributed by atoms with Crippen LogP contribution in [0.1, 0.15) is 25.7 Å². The molecule has 0 bridgehead atoms. The summed E-state index contributed by atoms with van der Waals surface area (Å²) in [7, 11) is 7.15. The van der Waals surface area contributed by atoms with Crippen molar-refractivity contribution >= 4 is 45.7 Å². The van der Waals surface area contributed by atoms with Gasteiger partial charge in [-0.3, -0.25) is 4.90 Å². The van der Waals surface area contributed by atoms with Gasteiger partial charge in [-0.2, -0.15) is 0 Å². The molecule has 1 aromatic heterocycles. The molecule has 0 atom stereocenters. The van der Waals surface area contributed by atoms with E-state index in [2.05, 4.69) is 22.3 Å². The van der Waals surface area contributed by atoms with Crippen LogP contribution in [0.2, 0.25) is 5.02 Å². The molecule has 8 nitrogen and oxygen atoms in total. The number of nitrogens with zero attached hydrogens (tertiary/aromatic N) is 3. The number of urea groups is 1. The molecule has 1 aliphatic carbocycles. The van der Waals surface area contributed by atoms with Crippen LogP contribution in [0.15, 0.2) is 42.5 Å². The molecule has 0 unspecified atom stereocenters. The van der Waals surface area contributed by atoms with Crippen LogP contribution < -0.4 is 30.3 Å². The number of methoxy groups -OCH3 is 2. The molecule has 4 rings (SSSR count). The number of aromatic nitrogens is 1. The molecule has 3 aromatic rings. The number of hydrogen-bond donors (Lipinski definition) is 2. The van der Waals surface area contributed by atoms with Crippen LogP contribution in [-0.4, -0.2) is 51.4 Å². The number of para-hydroxylation sites is 1. The highest BCUT2D eigenvalue weighted by Gasteiger charge is 2.31. The summed E-state index contributed by atoms with van der Waals surface area (Å²) in [5, 5.41) is 5.12. The summed E-state index contributed by atoms with van der Waals surface area (Å²) in [6.45, 7) is 0. The SMILES string of the molecule is COc1cc(OC)c(N(C(N)=O)C2CCC(Nc3cc(N(C)C)c4ccccc4n3)CC2)cc1Cl. The molecule has 1 fully saturated rings. The molecule has 0 aliphatic heterocycles. The van der Waals surface area contributed by atoms with Gasteiger partial charge in [0.2, 0.25) is 0 Å². The Labute approximate surface area is 210 Å². The van der Waals surface area contributed by atoms with Crippen LogP contribution in [0.5, 0.6) is 11.5 Å². The lowest BCUT2D eigenvalue weighted by molar-refractivity contribution is 0.248. The Hall–Kier alpha value is -3.39. The van der Waals surface area contributed by atoms with Gasteiger partial charge in [-0.1, -0.05) is 29.8 Å². The summed E-state index contributed by atoms with van der Waals surface area (Å²) in [4.78, 5) is 21.0. The molecule has 0 spiro atoms. The Kier molecular flexibility index (Phi) is 7.40. The van der Waals surface area contributed by atoms with E-state index in [1.165, 1.54) is 7.11 Å². The van der Waals surface area contributed by atoms with Gasteiger partial charge in [-0.15, -0.1) is 0 Å². The minimum Gasteiger partial charge on any atom is -0.495 e. The van der Waals surface area contributed by atoms with Crippen molar-refractivity contribution in [3.63, 3.8) is 0 Å². The van der Waals surface area contributed by atoms with Crippen LogP contribution in [-0.2, 0) is 0 Å². The van der Waals surface area contributed by atoms with E-state index in [-0.39, 0.29) is 12.1 Å². The van der Waals surface area contributed by atoms with E-state index >= 15 is 0 Å². The van der Waals surface area contributed by atoms with Crippen LogP contribution in [0.3, 0.4) is 0 Å². The Bertz CT molecular complexity index is 1210. The quantitative estimate of drug-likeness (QED) is 0.461. The van der Waals surface area contributed by atoms with Crippen molar-refractivity contribution in [2.45, 2.75) is 37.8 Å². The summed E-state index contributed by atoms with van der Waals surface area (Å²) in [5.74, 6) is 1.82. The minimum absolute atomic E-state index is 0.0641. The standard InChI is InChI=1S/C26H32ClN5O3/c1-31(2)21-14-25(30-20-8-6-5-7-18(20)21)29-16-9-11-17(12-10-16)32(26(28)33)22-13-19(27)23(34-3)15-24(22)35-4/h5-8,13-17H,9-12H2,1-4H3,(H2,28,33)(H,29,30). The normalized spacial score (nSPS) is 17.6. The number of fused-ring (bicyclic) bond motifs is 1. The van der Waals surface area contributed by atoms with Crippen LogP contribution in [0.25, 0.3) is 10.9 Å². The molecular weight excluding hydrogens is 466 g/mol. The number of nitrogens with two attached hydrogens (primary N) is 1. The first-order valence-electron chi connectivity index (χ1n) is 11.7. The molecule has 1 saturated carbocycles. The molecule has 3 N–H and O–H groups in total. The zero-order valence-corrected chi connectivity index (χ0v) is 21.3. The second kappa shape index (κ2) is 10.5. The third kappa shape index (κ3) is 5.17. The predicted octanol–water partition coefficient (Wildman–Crippen LogP) is 5.28. The van der Waals surface area contributed by atoms with Gasteiger partial charge in [0.25, 0.3) is 0 Å². The number of carbonyl (C=O) groups excluding carboxylic acids is 1. The lowest BCUT2D eigenvalue weighted by Crippen LogP contribution is -2.47. The predicted molar refractivity (Wildman–Crippen MR) is 142 cm³/mol. The maximum atomic E-state index is 12.5. The zero-order valence-electron chi connectivity index (χ0n) is 20.5. The summed E-state index contributed by atoms with van der Waals surface area (Å²) in [6.07, 6.45) is 3.29. The Morgan fingerprint density at radius 1 is 1.03 bits per heavy atom. The molecule has 1 heterocycles. The first-order chi connectivity index (χ1) is 16.8. The first-order valence-corrected chi connectivity index (χ1v) is 12.0. The first kappa shape index (κ1) is 24.7. The fourth-order valence-electron chi connectivity index (χ4n) is 4.82. The van der Waals surface area contributed by atoms with Gasteiger partial charge in [0.1, 0.15) is 17.3 Å². The Balaban J connectivity index is 1.51. The smallest absolute Gasteiger partial charge is 0.319 e. The molecule has 1 aliphatic rings. The highest BCUT2D eigenvalue weighted by Crippen LogP contribution is 2.40. The number of pyridine rings is 1. The number of ether oxygens (including phenoxy) is 2. The number of hydrogen-bond acceptors (Lipinski definition) is 6. The summed E-state index contributed by atoms with van der Waals surface area (Å²) in [6, 6.07) is 13.2. The molecule has 0 saturated heterocycles. The fraction of sp³-hybridized carbons (Fsp3) is 0.385. The van der Waals surface area contributed by atoms with Gasteiger partial charge >= 0.3 is 6.03 Å². The van der Waals surface area contributed by atoms with Gasteiger partial charge < -0.3 is 25.4 Å². The van der Waals surface area contributed by atoms with E-state index < -0.39 is 6.03 Å². The van der Waals surface area contributed by atoms with Gasteiger partial charge in [-0.05, 0) is 37.8 Å². The minimum atomic E-state index is -0.534. The average molecular weight is 498 g/mol. The molecule has 2 amide bonds. The van der Waals surface area contributed by atoms with Crippen LogP contribution in [0, 0.1) is 0 Å². The molecule has 0 radical (unpaired) electrons. The van der Waals surface area contributed by atoms with E-state index in [1.807, 2.05) is 32.3 Å². The number of primary amides is 1. The molecule has 2 aromatic carbocycles. The highest BCUT2D eigenvalue weighted by molar-refractivity contribution is 6.32. The maximum Gasteiger partial charge on any atom is 0.319 e. The van der Waals surface area contributed by atoms with Crippen molar-refractivity contribution in [2.24, 2.45) is 5.73 Å². The summed E-state index contributed by atoms with van der Waals surface area (Å²) < 4.78 is 10.8. The van der Waals surface area contributed by atoms with Crippen molar-refractivity contribution < 1.29 is 14.3 Å². The van der Waals surface area contributed by atoms with Crippen molar-refractivity contribution in [3.05, 3.63) is 47.5 Å². The number of rotatable bonds is 7. The van der Waals surface area contributed by atoms with Gasteiger partial charge in [0, 0.05) is 49.4 Å². The van der Waals surface area contributed by atoms with E-state index in [1.54, 1.807) is 24.1 Å². The van der Waals surface area contributed by atoms with Gasteiger partial charge in [-0.25, -0.2) is 9.78 Å². The third-order valence-electron chi connectivity index (χ3n) is 6.54. The van der Waals surface area contributed by atoms with Gasteiger partial charge in [0.05, 0.1) is 30.4 Å². The van der Waals surface area contributed by atoms with Crippen molar-refractivity contribution in [2.75, 3.05) is 43.4 Å². The Morgan fingerprint density at radius 3 is 2.34 bits per heavy atom. The highest BCUT2D eigenvalue weighted by atomic mass is 35.5. The lowest BCUT2D eigenvalue weighted by Gasteiger charge is -2.37. The average Bonchev–Trinajstić information content (AvgIpc) is 2.84. The third-order valence-corrected chi connectivity index (χ3v) is 6.84. The van der Waals surface area contributed by atoms with Crippen LogP contribution >= 0.6 is 11.6 Å². The number of halogens is 1. The topological polar surface area (TPSA) is 92.9 Å². The number of carbonyl (C=O) groups is 1. The zero-order chi connectivity index (χ0) is 25.1. The van der Waals surface area contributed by atoms with E-state index in [0.717, 1.165) is 48.1 Å². The molecule has 186 valence electrons. The monoisotopic (exact) mass is 497 g/mol. The van der Waals surface area contributed by atoms with E-state index in [4.69, 9.17) is 31.8 Å². The lowest BCUT2D eigenvalue weighted by atomic mass is 9.89. The molecule has 9 heteroatoms. The van der Waals surface area contributed by atoms with Crippen molar-refractivity contribution in [1.29, 1.82) is 0 Å². The fourth-order valence-corrected chi connectivity index (χ4v) is 5.05. The molecular formula is C26H32ClN5O3. The van der Waals surface area contributed by atoms with Crippen molar-refractivity contribution in [3.8, 4) is 11.5 Å². The second-order valence-corrected chi connectivity index (χ2v) is 9.36. The second-order valence-electron chi connectivity index (χ2n) is 8.95. The number of anilines is 3. The van der Waals surface area contributed by atoms with Crippen LogP contribution in [0.4, 0.5) is 22.0 Å². The number of benzene rings is 2. The maximum absolute atomic E-state index is 12.5. The van der Waals surface area contributed by atoms with E-state index in [9.17, 15) is 4.79 Å². The number of amides is 2.